The van der Waals surface area contributed by atoms with Gasteiger partial charge < -0.3 is 30.1 Å². The van der Waals surface area contributed by atoms with Gasteiger partial charge in [-0.3, -0.25) is 9.59 Å². The second-order valence-corrected chi connectivity index (χ2v) is 11.9. The number of nitrogens with one attached hydrogen (secondary N) is 2. The summed E-state index contributed by atoms with van der Waals surface area (Å²) in [6.45, 7) is 15.4. The second-order valence-electron chi connectivity index (χ2n) is 11.9. The van der Waals surface area contributed by atoms with Gasteiger partial charge in [0.1, 0.15) is 35.1 Å². The topological polar surface area (TPSA) is 134 Å². The van der Waals surface area contributed by atoms with Gasteiger partial charge in [0, 0.05) is 13.0 Å². The predicted molar refractivity (Wildman–Crippen MR) is 160 cm³/mol. The number of rotatable bonds is 11. The van der Waals surface area contributed by atoms with E-state index in [0.29, 0.717) is 5.56 Å². The number of aromatic hydroxyl groups is 1. The number of nitrogens with zero attached hydrogens (tertiary/aromatic N) is 1. The number of hydrogen-bond donors (Lipinski definition) is 3. The minimum absolute atomic E-state index is 0.0322. The third kappa shape index (κ3) is 10.9. The Balaban J connectivity index is 2.47. The molecule has 3 unspecified atom stereocenters. The van der Waals surface area contributed by atoms with Gasteiger partial charge in [-0.05, 0) is 71.7 Å². The van der Waals surface area contributed by atoms with Crippen LogP contribution in [0.1, 0.15) is 65.6 Å². The Morgan fingerprint density at radius 2 is 1.48 bits per heavy atom. The van der Waals surface area contributed by atoms with E-state index >= 15 is 0 Å². The number of amides is 3. The third-order valence-electron chi connectivity index (χ3n) is 5.77. The molecule has 2 aromatic rings. The van der Waals surface area contributed by atoms with Crippen molar-refractivity contribution in [2.75, 3.05) is 6.54 Å². The number of benzene rings is 2. The Kier molecular flexibility index (Phi) is 11.7. The minimum atomic E-state index is -1.25. The Morgan fingerprint density at radius 1 is 0.905 bits per heavy atom. The highest BCUT2D eigenvalue weighted by Gasteiger charge is 2.37. The molecule has 2 rings (SSSR count). The molecule has 0 fully saturated rings. The average Bonchev–Trinajstić information content (AvgIpc) is 2.87. The number of ether oxygens (including phenoxy) is 2. The zero-order valence-electron chi connectivity index (χ0n) is 25.5. The molecule has 0 aliphatic heterocycles. The standard InChI is InChI=1S/C32H43N3O7/c1-9-19-35(28(38)21(2)33-30(40)42-32(6,7)8)26(23-15-17-24(36)18-16-23)27(37)34-25(29(39)41-31(3,4)5)20-22-13-11-10-12-14-22/h9-18,21,25-26,36H,1,19-20H2,2-8H3,(H,33,40)(H,34,37). The van der Waals surface area contributed by atoms with Crippen molar-refractivity contribution in [1.82, 2.24) is 15.5 Å². The number of carbonyl (C=O) groups excluding carboxylic acids is 4. The van der Waals surface area contributed by atoms with Crippen LogP contribution in [-0.2, 0) is 30.3 Å². The Hall–Kier alpha value is -4.34. The maximum atomic E-state index is 14.0. The van der Waals surface area contributed by atoms with E-state index in [9.17, 15) is 24.3 Å². The largest absolute Gasteiger partial charge is 0.508 e. The van der Waals surface area contributed by atoms with E-state index in [4.69, 9.17) is 9.47 Å². The summed E-state index contributed by atoms with van der Waals surface area (Å²) in [4.78, 5) is 54.6. The molecule has 2 aromatic carbocycles. The van der Waals surface area contributed by atoms with Crippen molar-refractivity contribution in [2.45, 2.75) is 84.2 Å². The zero-order valence-corrected chi connectivity index (χ0v) is 25.5. The summed E-state index contributed by atoms with van der Waals surface area (Å²) >= 11 is 0. The summed E-state index contributed by atoms with van der Waals surface area (Å²) in [6.07, 6.45) is 0.810. The highest BCUT2D eigenvalue weighted by Crippen LogP contribution is 2.25. The molecular formula is C32H43N3O7. The normalized spacial score (nSPS) is 13.6. The molecule has 0 bridgehead atoms. The molecule has 42 heavy (non-hydrogen) atoms. The van der Waals surface area contributed by atoms with E-state index in [2.05, 4.69) is 17.2 Å². The van der Waals surface area contributed by atoms with Gasteiger partial charge in [0.15, 0.2) is 0 Å². The average molecular weight is 582 g/mol. The van der Waals surface area contributed by atoms with Gasteiger partial charge >= 0.3 is 12.1 Å². The van der Waals surface area contributed by atoms with Crippen LogP contribution in [0, 0.1) is 0 Å². The first-order chi connectivity index (χ1) is 19.5. The molecule has 0 radical (unpaired) electrons. The van der Waals surface area contributed by atoms with Gasteiger partial charge in [0.2, 0.25) is 11.8 Å². The van der Waals surface area contributed by atoms with Crippen molar-refractivity contribution in [2.24, 2.45) is 0 Å². The number of phenols is 1. The van der Waals surface area contributed by atoms with E-state index in [-0.39, 0.29) is 18.7 Å². The zero-order chi connectivity index (χ0) is 31.7. The Morgan fingerprint density at radius 3 is 2.00 bits per heavy atom. The van der Waals surface area contributed by atoms with Crippen LogP contribution in [0.3, 0.4) is 0 Å². The summed E-state index contributed by atoms with van der Waals surface area (Å²) in [5.74, 6) is -1.92. The smallest absolute Gasteiger partial charge is 0.408 e. The van der Waals surface area contributed by atoms with E-state index < -0.39 is 53.2 Å². The number of carbonyl (C=O) groups is 4. The molecule has 228 valence electrons. The van der Waals surface area contributed by atoms with Gasteiger partial charge in [-0.2, -0.15) is 0 Å². The van der Waals surface area contributed by atoms with Gasteiger partial charge in [0.05, 0.1) is 0 Å². The van der Waals surface area contributed by atoms with Crippen LogP contribution in [0.5, 0.6) is 5.75 Å². The fraction of sp³-hybridized carbons (Fsp3) is 0.438. The molecule has 10 heteroatoms. The van der Waals surface area contributed by atoms with E-state index in [1.54, 1.807) is 41.5 Å². The molecule has 0 aromatic heterocycles. The fourth-order valence-electron chi connectivity index (χ4n) is 4.05. The highest BCUT2D eigenvalue weighted by molar-refractivity contribution is 5.94. The van der Waals surface area contributed by atoms with Crippen molar-refractivity contribution >= 4 is 23.9 Å². The lowest BCUT2D eigenvalue weighted by atomic mass is 10.0. The van der Waals surface area contributed by atoms with E-state index in [1.165, 1.54) is 42.2 Å². The number of phenolic OH excluding ortho intramolecular Hbond substituents is 1. The molecular weight excluding hydrogens is 538 g/mol. The molecule has 10 nitrogen and oxygen atoms in total. The number of alkyl carbamates (subject to hydrolysis) is 1. The lowest BCUT2D eigenvalue weighted by Crippen LogP contribution is -2.54. The highest BCUT2D eigenvalue weighted by atomic mass is 16.6. The van der Waals surface area contributed by atoms with Crippen LogP contribution < -0.4 is 10.6 Å². The molecule has 0 spiro atoms. The minimum Gasteiger partial charge on any atom is -0.508 e. The van der Waals surface area contributed by atoms with Gasteiger partial charge in [-0.15, -0.1) is 6.58 Å². The lowest BCUT2D eigenvalue weighted by molar-refractivity contribution is -0.159. The quantitative estimate of drug-likeness (QED) is 0.264. The maximum Gasteiger partial charge on any atom is 0.408 e. The van der Waals surface area contributed by atoms with E-state index in [0.717, 1.165) is 5.56 Å². The van der Waals surface area contributed by atoms with E-state index in [1.807, 2.05) is 30.3 Å². The van der Waals surface area contributed by atoms with Crippen molar-refractivity contribution < 1.29 is 33.8 Å². The lowest BCUT2D eigenvalue weighted by Gasteiger charge is -2.34. The molecule has 0 aliphatic rings. The van der Waals surface area contributed by atoms with Crippen molar-refractivity contribution in [3.8, 4) is 5.75 Å². The van der Waals surface area contributed by atoms with Crippen molar-refractivity contribution in [1.29, 1.82) is 0 Å². The first kappa shape index (κ1) is 33.9. The number of esters is 1. The first-order valence-corrected chi connectivity index (χ1v) is 13.8. The van der Waals surface area contributed by atoms with Crippen LogP contribution in [0.4, 0.5) is 4.79 Å². The van der Waals surface area contributed by atoms with Crippen LogP contribution in [0.15, 0.2) is 67.3 Å². The number of hydrogen-bond acceptors (Lipinski definition) is 7. The second kappa shape index (κ2) is 14.5. The maximum absolute atomic E-state index is 14.0. The van der Waals surface area contributed by atoms with Crippen LogP contribution in [0.25, 0.3) is 0 Å². The molecule has 3 N–H and O–H groups in total. The summed E-state index contributed by atoms with van der Waals surface area (Å²) in [7, 11) is 0. The Bertz CT molecular complexity index is 1230. The Labute approximate surface area is 248 Å². The van der Waals surface area contributed by atoms with Crippen molar-refractivity contribution in [3.05, 3.63) is 78.4 Å². The molecule has 0 saturated heterocycles. The van der Waals surface area contributed by atoms with Crippen LogP contribution in [0.2, 0.25) is 0 Å². The summed E-state index contributed by atoms with van der Waals surface area (Å²) in [5.41, 5.74) is -0.421. The predicted octanol–water partition coefficient (Wildman–Crippen LogP) is 4.43. The SMILES string of the molecule is C=CCN(C(=O)C(C)NC(=O)OC(C)(C)C)C(C(=O)NC(Cc1ccccc1)C(=O)OC(C)(C)C)c1ccc(O)cc1. The first-order valence-electron chi connectivity index (χ1n) is 13.8. The molecule has 0 saturated carbocycles. The molecule has 0 heterocycles. The summed E-state index contributed by atoms with van der Waals surface area (Å²) in [6, 6.07) is 11.6. The summed E-state index contributed by atoms with van der Waals surface area (Å²) < 4.78 is 10.9. The van der Waals surface area contributed by atoms with Crippen molar-refractivity contribution in [3.63, 3.8) is 0 Å². The van der Waals surface area contributed by atoms with Gasteiger partial charge in [-0.1, -0.05) is 48.5 Å². The van der Waals surface area contributed by atoms with Crippen LogP contribution in [-0.4, -0.2) is 63.7 Å². The monoisotopic (exact) mass is 581 g/mol. The van der Waals surface area contributed by atoms with Gasteiger partial charge in [0.25, 0.3) is 0 Å². The molecule has 3 atom stereocenters. The summed E-state index contributed by atoms with van der Waals surface area (Å²) in [5, 5.41) is 15.2. The fourth-order valence-corrected chi connectivity index (χ4v) is 4.05. The van der Waals surface area contributed by atoms with Gasteiger partial charge in [-0.25, -0.2) is 9.59 Å². The van der Waals surface area contributed by atoms with Crippen LogP contribution >= 0.6 is 0 Å². The molecule has 0 aliphatic carbocycles. The molecule has 3 amide bonds. The third-order valence-corrected chi connectivity index (χ3v) is 5.77.